The SMILES string of the molecule is C=CCNc1nc(NC2CCCCC2)nc(NC2CCCCC2)n1. The van der Waals surface area contributed by atoms with E-state index < -0.39 is 0 Å². The molecule has 0 spiro atoms. The van der Waals surface area contributed by atoms with Gasteiger partial charge in [0.25, 0.3) is 0 Å². The lowest BCUT2D eigenvalue weighted by Crippen LogP contribution is -2.26. The van der Waals surface area contributed by atoms with E-state index in [2.05, 4.69) is 37.5 Å². The second-order valence-corrected chi connectivity index (χ2v) is 6.93. The van der Waals surface area contributed by atoms with Crippen LogP contribution in [0.4, 0.5) is 17.8 Å². The van der Waals surface area contributed by atoms with Crippen LogP contribution in [0, 0.1) is 0 Å². The van der Waals surface area contributed by atoms with Gasteiger partial charge in [0.05, 0.1) is 0 Å². The van der Waals surface area contributed by atoms with Crippen LogP contribution < -0.4 is 16.0 Å². The van der Waals surface area contributed by atoms with E-state index in [1.54, 1.807) is 0 Å². The van der Waals surface area contributed by atoms with Crippen LogP contribution in [0.2, 0.25) is 0 Å². The molecule has 2 saturated carbocycles. The molecule has 1 heterocycles. The Morgan fingerprint density at radius 3 is 1.67 bits per heavy atom. The average molecular weight is 330 g/mol. The molecule has 132 valence electrons. The van der Waals surface area contributed by atoms with Gasteiger partial charge in [-0.1, -0.05) is 44.6 Å². The first-order valence-corrected chi connectivity index (χ1v) is 9.47. The predicted molar refractivity (Wildman–Crippen MR) is 99.5 cm³/mol. The Hall–Kier alpha value is -1.85. The molecule has 0 radical (unpaired) electrons. The maximum Gasteiger partial charge on any atom is 0.229 e. The van der Waals surface area contributed by atoms with E-state index in [-0.39, 0.29) is 0 Å². The molecular formula is C18H30N6. The molecular weight excluding hydrogens is 300 g/mol. The molecule has 3 rings (SSSR count). The van der Waals surface area contributed by atoms with Gasteiger partial charge in [0, 0.05) is 18.6 Å². The van der Waals surface area contributed by atoms with Crippen molar-refractivity contribution in [3.05, 3.63) is 12.7 Å². The lowest BCUT2D eigenvalue weighted by molar-refractivity contribution is 0.458. The van der Waals surface area contributed by atoms with Crippen molar-refractivity contribution in [2.75, 3.05) is 22.5 Å². The summed E-state index contributed by atoms with van der Waals surface area (Å²) >= 11 is 0. The minimum Gasteiger partial charge on any atom is -0.351 e. The molecule has 0 bridgehead atoms. The van der Waals surface area contributed by atoms with E-state index in [0.29, 0.717) is 36.5 Å². The van der Waals surface area contributed by atoms with E-state index >= 15 is 0 Å². The summed E-state index contributed by atoms with van der Waals surface area (Å²) in [6, 6.07) is 0.965. The van der Waals surface area contributed by atoms with Crippen molar-refractivity contribution in [3.63, 3.8) is 0 Å². The van der Waals surface area contributed by atoms with Gasteiger partial charge in [-0.2, -0.15) is 15.0 Å². The third-order valence-electron chi connectivity index (χ3n) is 4.92. The van der Waals surface area contributed by atoms with Crippen LogP contribution in [0.5, 0.6) is 0 Å². The number of rotatable bonds is 7. The Kier molecular flexibility index (Phi) is 6.26. The summed E-state index contributed by atoms with van der Waals surface area (Å²) in [5.74, 6) is 1.98. The quantitative estimate of drug-likeness (QED) is 0.657. The van der Waals surface area contributed by atoms with Crippen LogP contribution in [0.15, 0.2) is 12.7 Å². The fourth-order valence-corrected chi connectivity index (χ4v) is 3.61. The highest BCUT2D eigenvalue weighted by atomic mass is 15.3. The second kappa shape index (κ2) is 8.85. The molecule has 6 nitrogen and oxygen atoms in total. The molecule has 24 heavy (non-hydrogen) atoms. The van der Waals surface area contributed by atoms with Crippen LogP contribution in [-0.2, 0) is 0 Å². The molecule has 2 fully saturated rings. The molecule has 0 saturated heterocycles. The van der Waals surface area contributed by atoms with Crippen molar-refractivity contribution >= 4 is 17.8 Å². The summed E-state index contributed by atoms with van der Waals surface area (Å²) in [7, 11) is 0. The minimum atomic E-state index is 0.482. The Balaban J connectivity index is 1.70. The first-order valence-electron chi connectivity index (χ1n) is 9.47. The van der Waals surface area contributed by atoms with Crippen molar-refractivity contribution < 1.29 is 0 Å². The van der Waals surface area contributed by atoms with Gasteiger partial charge < -0.3 is 16.0 Å². The van der Waals surface area contributed by atoms with E-state index in [4.69, 9.17) is 0 Å². The molecule has 2 aliphatic rings. The van der Waals surface area contributed by atoms with E-state index in [1.165, 1.54) is 64.2 Å². The van der Waals surface area contributed by atoms with Gasteiger partial charge in [-0.25, -0.2) is 0 Å². The minimum absolute atomic E-state index is 0.482. The molecule has 0 aromatic carbocycles. The zero-order chi connectivity index (χ0) is 16.6. The largest absolute Gasteiger partial charge is 0.351 e. The van der Waals surface area contributed by atoms with Gasteiger partial charge in [0.2, 0.25) is 17.8 Å². The zero-order valence-electron chi connectivity index (χ0n) is 14.6. The van der Waals surface area contributed by atoms with Crippen molar-refractivity contribution in [3.8, 4) is 0 Å². The predicted octanol–water partition coefficient (Wildman–Crippen LogP) is 3.96. The van der Waals surface area contributed by atoms with Crippen molar-refractivity contribution in [2.24, 2.45) is 0 Å². The van der Waals surface area contributed by atoms with Crippen LogP contribution >= 0.6 is 0 Å². The second-order valence-electron chi connectivity index (χ2n) is 6.93. The summed E-state index contributed by atoms with van der Waals surface area (Å²) in [6.45, 7) is 4.39. The molecule has 0 amide bonds. The lowest BCUT2D eigenvalue weighted by atomic mass is 9.96. The fourth-order valence-electron chi connectivity index (χ4n) is 3.61. The Labute approximate surface area is 145 Å². The standard InChI is InChI=1S/C18H30N6/c1-2-13-19-16-22-17(20-14-9-5-3-6-10-14)24-18(23-16)21-15-11-7-4-8-12-15/h2,14-15H,1,3-13H2,(H3,19,20,21,22,23,24). The third kappa shape index (κ3) is 5.08. The van der Waals surface area contributed by atoms with Gasteiger partial charge in [0.1, 0.15) is 0 Å². The molecule has 2 aliphatic carbocycles. The Morgan fingerprint density at radius 2 is 1.21 bits per heavy atom. The van der Waals surface area contributed by atoms with Crippen molar-refractivity contribution in [1.29, 1.82) is 0 Å². The van der Waals surface area contributed by atoms with E-state index in [0.717, 1.165) is 0 Å². The van der Waals surface area contributed by atoms with Crippen molar-refractivity contribution in [2.45, 2.75) is 76.3 Å². The highest BCUT2D eigenvalue weighted by Gasteiger charge is 2.18. The highest BCUT2D eigenvalue weighted by molar-refractivity contribution is 5.43. The van der Waals surface area contributed by atoms with E-state index in [1.807, 2.05) is 6.08 Å². The topological polar surface area (TPSA) is 74.8 Å². The number of hydrogen-bond acceptors (Lipinski definition) is 6. The first kappa shape index (κ1) is 17.0. The normalized spacial score (nSPS) is 19.7. The van der Waals surface area contributed by atoms with E-state index in [9.17, 15) is 0 Å². The Bertz CT molecular complexity index is 482. The smallest absolute Gasteiger partial charge is 0.229 e. The maximum atomic E-state index is 4.62. The van der Waals surface area contributed by atoms with Crippen LogP contribution in [0.1, 0.15) is 64.2 Å². The van der Waals surface area contributed by atoms with Gasteiger partial charge in [-0.15, -0.1) is 6.58 Å². The highest BCUT2D eigenvalue weighted by Crippen LogP contribution is 2.23. The van der Waals surface area contributed by atoms with Gasteiger partial charge >= 0.3 is 0 Å². The Morgan fingerprint density at radius 1 is 0.750 bits per heavy atom. The molecule has 3 N–H and O–H groups in total. The van der Waals surface area contributed by atoms with Gasteiger partial charge in [0.15, 0.2) is 0 Å². The number of aromatic nitrogens is 3. The maximum absolute atomic E-state index is 4.62. The van der Waals surface area contributed by atoms with Crippen LogP contribution in [-0.4, -0.2) is 33.6 Å². The monoisotopic (exact) mass is 330 g/mol. The molecule has 1 aromatic rings. The summed E-state index contributed by atoms with van der Waals surface area (Å²) in [6.07, 6.45) is 14.5. The zero-order valence-corrected chi connectivity index (χ0v) is 14.6. The van der Waals surface area contributed by atoms with Gasteiger partial charge in [-0.05, 0) is 25.7 Å². The summed E-state index contributed by atoms with van der Waals surface area (Å²) in [5, 5.41) is 10.2. The molecule has 6 heteroatoms. The lowest BCUT2D eigenvalue weighted by Gasteiger charge is -2.24. The van der Waals surface area contributed by atoms with Crippen molar-refractivity contribution in [1.82, 2.24) is 15.0 Å². The number of anilines is 3. The number of nitrogens with one attached hydrogen (secondary N) is 3. The number of nitrogens with zero attached hydrogens (tertiary/aromatic N) is 3. The van der Waals surface area contributed by atoms with Crippen LogP contribution in [0.25, 0.3) is 0 Å². The van der Waals surface area contributed by atoms with Gasteiger partial charge in [-0.3, -0.25) is 0 Å². The first-order chi connectivity index (χ1) is 11.8. The third-order valence-corrected chi connectivity index (χ3v) is 4.92. The average Bonchev–Trinajstić information content (AvgIpc) is 2.61. The molecule has 1 aromatic heterocycles. The summed E-state index contributed by atoms with van der Waals surface area (Å²) in [5.41, 5.74) is 0. The fraction of sp³-hybridized carbons (Fsp3) is 0.722. The molecule has 0 aliphatic heterocycles. The summed E-state index contributed by atoms with van der Waals surface area (Å²) < 4.78 is 0. The summed E-state index contributed by atoms with van der Waals surface area (Å²) in [4.78, 5) is 13.7. The van der Waals surface area contributed by atoms with Crippen LogP contribution in [0.3, 0.4) is 0 Å². The molecule has 0 unspecified atom stereocenters. The molecule has 0 atom stereocenters. The number of hydrogen-bond donors (Lipinski definition) is 3.